The quantitative estimate of drug-likeness (QED) is 0.764. The van der Waals surface area contributed by atoms with Gasteiger partial charge in [-0.3, -0.25) is 9.78 Å². The van der Waals surface area contributed by atoms with E-state index in [1.54, 1.807) is 30.7 Å². The summed E-state index contributed by atoms with van der Waals surface area (Å²) in [4.78, 5) is 23.3. The zero-order valence-electron chi connectivity index (χ0n) is 14.5. The Kier molecular flexibility index (Phi) is 4.81. The molecule has 0 aromatic carbocycles. The summed E-state index contributed by atoms with van der Waals surface area (Å²) < 4.78 is 7.04. The summed E-state index contributed by atoms with van der Waals surface area (Å²) in [7, 11) is 2.12. The molecule has 1 N–H and O–H groups in total. The molecule has 0 unspecified atom stereocenters. The average molecular weight is 368 g/mol. The molecule has 0 saturated carbocycles. The van der Waals surface area contributed by atoms with Crippen molar-refractivity contribution in [3.8, 4) is 5.88 Å². The van der Waals surface area contributed by atoms with Gasteiger partial charge in [0, 0.05) is 58.9 Å². The number of piperidine rings is 1. The van der Waals surface area contributed by atoms with Gasteiger partial charge in [0.25, 0.3) is 5.91 Å². The van der Waals surface area contributed by atoms with E-state index in [2.05, 4.69) is 27.2 Å². The Labute approximate surface area is 155 Å². The highest BCUT2D eigenvalue weighted by molar-refractivity contribution is 7.17. The Morgan fingerprint density at radius 3 is 3.00 bits per heavy atom. The Balaban J connectivity index is 1.46. The normalized spacial score (nSPS) is 15.9. The molecular weight excluding hydrogens is 348 g/mol. The van der Waals surface area contributed by atoms with Gasteiger partial charge in [0.1, 0.15) is 6.10 Å². The molecule has 0 radical (unpaired) electrons. The first-order valence-corrected chi connectivity index (χ1v) is 9.51. The van der Waals surface area contributed by atoms with Crippen LogP contribution in [0.4, 0.5) is 5.69 Å². The summed E-state index contributed by atoms with van der Waals surface area (Å²) in [5.41, 5.74) is 1.31. The van der Waals surface area contributed by atoms with E-state index >= 15 is 0 Å². The first-order chi connectivity index (χ1) is 12.7. The lowest BCUT2D eigenvalue weighted by atomic mass is 10.1. The molecule has 0 spiro atoms. The fourth-order valence-corrected chi connectivity index (χ4v) is 3.98. The number of aromatic nitrogens is 2. The van der Waals surface area contributed by atoms with Crippen LogP contribution in [0.2, 0.25) is 0 Å². The van der Waals surface area contributed by atoms with Gasteiger partial charge >= 0.3 is 0 Å². The number of amides is 1. The van der Waals surface area contributed by atoms with E-state index in [9.17, 15) is 4.79 Å². The highest BCUT2D eigenvalue weighted by Crippen LogP contribution is 2.26. The highest BCUT2D eigenvalue weighted by Gasteiger charge is 2.19. The number of hydrogen-bond donors (Lipinski definition) is 1. The second-order valence-electron chi connectivity index (χ2n) is 6.48. The first kappa shape index (κ1) is 16.9. The standard InChI is InChI=1S/C19H20N4O2S/c1-23-8-4-14(5-9-23)25-18-10-13(2-7-21-18)22-19(24)16-12-26-17-3-6-20-11-15(16)17/h2-3,6-7,10-12,14H,4-5,8-9H2,1H3,(H,21,22,24). The molecule has 1 aliphatic rings. The molecule has 1 saturated heterocycles. The van der Waals surface area contributed by atoms with Crippen molar-refractivity contribution in [3.63, 3.8) is 0 Å². The Bertz CT molecular complexity index is 919. The third-order valence-electron chi connectivity index (χ3n) is 4.57. The maximum atomic E-state index is 12.6. The molecule has 3 aromatic rings. The number of hydrogen-bond acceptors (Lipinski definition) is 6. The van der Waals surface area contributed by atoms with Crippen LogP contribution in [-0.4, -0.2) is 47.0 Å². The number of fused-ring (bicyclic) bond motifs is 1. The predicted octanol–water partition coefficient (Wildman–Crippen LogP) is 3.42. The third-order valence-corrected chi connectivity index (χ3v) is 5.53. The van der Waals surface area contributed by atoms with Crippen molar-refractivity contribution in [1.82, 2.24) is 14.9 Å². The van der Waals surface area contributed by atoms with E-state index in [0.717, 1.165) is 36.0 Å². The second-order valence-corrected chi connectivity index (χ2v) is 7.39. The van der Waals surface area contributed by atoms with Crippen LogP contribution in [0.3, 0.4) is 0 Å². The molecule has 1 fully saturated rings. The minimum atomic E-state index is -0.152. The van der Waals surface area contributed by atoms with Crippen molar-refractivity contribution >= 4 is 33.0 Å². The molecule has 0 atom stereocenters. The van der Waals surface area contributed by atoms with Gasteiger partial charge in [0.05, 0.1) is 5.56 Å². The van der Waals surface area contributed by atoms with Crippen molar-refractivity contribution in [3.05, 3.63) is 47.7 Å². The lowest BCUT2D eigenvalue weighted by Crippen LogP contribution is -2.35. The van der Waals surface area contributed by atoms with E-state index in [1.807, 2.05) is 11.4 Å². The summed E-state index contributed by atoms with van der Waals surface area (Å²) in [6.45, 7) is 2.06. The summed E-state index contributed by atoms with van der Waals surface area (Å²) in [5, 5.41) is 5.66. The topological polar surface area (TPSA) is 67.3 Å². The van der Waals surface area contributed by atoms with Crippen LogP contribution in [0.15, 0.2) is 42.2 Å². The van der Waals surface area contributed by atoms with E-state index in [0.29, 0.717) is 17.1 Å². The van der Waals surface area contributed by atoms with Crippen molar-refractivity contribution in [2.75, 3.05) is 25.5 Å². The number of nitrogens with one attached hydrogen (secondary N) is 1. The Morgan fingerprint density at radius 2 is 2.15 bits per heavy atom. The second kappa shape index (κ2) is 7.39. The van der Waals surface area contributed by atoms with E-state index in [-0.39, 0.29) is 12.0 Å². The van der Waals surface area contributed by atoms with E-state index in [4.69, 9.17) is 4.74 Å². The zero-order valence-corrected chi connectivity index (χ0v) is 15.3. The molecule has 6 nitrogen and oxygen atoms in total. The van der Waals surface area contributed by atoms with Gasteiger partial charge in [-0.25, -0.2) is 4.98 Å². The lowest BCUT2D eigenvalue weighted by Gasteiger charge is -2.28. The van der Waals surface area contributed by atoms with Crippen molar-refractivity contribution in [2.24, 2.45) is 0 Å². The summed E-state index contributed by atoms with van der Waals surface area (Å²) in [5.74, 6) is 0.398. The summed E-state index contributed by atoms with van der Waals surface area (Å²) >= 11 is 1.54. The van der Waals surface area contributed by atoms with E-state index < -0.39 is 0 Å². The molecular formula is C19H20N4O2S. The molecule has 0 aliphatic carbocycles. The maximum absolute atomic E-state index is 12.6. The van der Waals surface area contributed by atoms with Crippen LogP contribution < -0.4 is 10.1 Å². The fraction of sp³-hybridized carbons (Fsp3) is 0.316. The van der Waals surface area contributed by atoms with Gasteiger partial charge in [-0.2, -0.15) is 0 Å². The molecule has 7 heteroatoms. The Hall–Kier alpha value is -2.51. The SMILES string of the molecule is CN1CCC(Oc2cc(NC(=O)c3csc4ccncc34)ccn2)CC1. The van der Waals surface area contributed by atoms with Crippen LogP contribution in [0.25, 0.3) is 10.1 Å². The highest BCUT2D eigenvalue weighted by atomic mass is 32.1. The number of nitrogens with zero attached hydrogens (tertiary/aromatic N) is 3. The summed E-state index contributed by atoms with van der Waals surface area (Å²) in [6.07, 6.45) is 7.27. The van der Waals surface area contributed by atoms with Gasteiger partial charge in [-0.05, 0) is 32.0 Å². The average Bonchev–Trinajstić information content (AvgIpc) is 3.08. The molecule has 4 rings (SSSR count). The van der Waals surface area contributed by atoms with Crippen molar-refractivity contribution < 1.29 is 9.53 Å². The number of thiophene rings is 1. The monoisotopic (exact) mass is 368 g/mol. The van der Waals surface area contributed by atoms with Gasteiger partial charge in [0.2, 0.25) is 5.88 Å². The van der Waals surface area contributed by atoms with Gasteiger partial charge in [-0.1, -0.05) is 0 Å². The number of likely N-dealkylation sites (tertiary alicyclic amines) is 1. The number of carbonyl (C=O) groups is 1. The number of pyridine rings is 2. The lowest BCUT2D eigenvalue weighted by molar-refractivity contribution is 0.102. The molecule has 0 bridgehead atoms. The molecule has 1 amide bonds. The van der Waals surface area contributed by atoms with Crippen LogP contribution in [0.5, 0.6) is 5.88 Å². The molecule has 4 heterocycles. The third kappa shape index (κ3) is 3.68. The Morgan fingerprint density at radius 1 is 1.31 bits per heavy atom. The molecule has 1 aliphatic heterocycles. The van der Waals surface area contributed by atoms with Crippen LogP contribution >= 0.6 is 11.3 Å². The van der Waals surface area contributed by atoms with Crippen LogP contribution in [-0.2, 0) is 0 Å². The van der Waals surface area contributed by atoms with Gasteiger partial charge < -0.3 is 15.0 Å². The largest absolute Gasteiger partial charge is 0.474 e. The minimum Gasteiger partial charge on any atom is -0.474 e. The predicted molar refractivity (Wildman–Crippen MR) is 103 cm³/mol. The van der Waals surface area contributed by atoms with Gasteiger partial charge in [-0.15, -0.1) is 11.3 Å². The van der Waals surface area contributed by atoms with E-state index in [1.165, 1.54) is 11.3 Å². The smallest absolute Gasteiger partial charge is 0.257 e. The minimum absolute atomic E-state index is 0.152. The number of anilines is 1. The first-order valence-electron chi connectivity index (χ1n) is 8.63. The number of ether oxygens (including phenoxy) is 1. The maximum Gasteiger partial charge on any atom is 0.257 e. The van der Waals surface area contributed by atoms with Crippen LogP contribution in [0.1, 0.15) is 23.2 Å². The summed E-state index contributed by atoms with van der Waals surface area (Å²) in [6, 6.07) is 5.46. The number of carbonyl (C=O) groups excluding carboxylic acids is 1. The van der Waals surface area contributed by atoms with Gasteiger partial charge in [0.15, 0.2) is 0 Å². The molecule has 26 heavy (non-hydrogen) atoms. The van der Waals surface area contributed by atoms with Crippen molar-refractivity contribution in [1.29, 1.82) is 0 Å². The molecule has 134 valence electrons. The van der Waals surface area contributed by atoms with Crippen LogP contribution in [0, 0.1) is 0 Å². The van der Waals surface area contributed by atoms with Crippen molar-refractivity contribution in [2.45, 2.75) is 18.9 Å². The fourth-order valence-electron chi connectivity index (χ4n) is 3.07. The zero-order chi connectivity index (χ0) is 17.9. The number of rotatable bonds is 4. The molecule has 3 aromatic heterocycles.